The normalized spacial score (nSPS) is 10.4. The largest absolute Gasteiger partial charge is 0.467 e. The topological polar surface area (TPSA) is 18.5 Å². The average molecular weight is 208 g/mol. The number of rotatable bonds is 5. The van der Waals surface area contributed by atoms with Crippen LogP contribution in [0.15, 0.2) is 12.1 Å². The molecule has 2 heteroatoms. The Morgan fingerprint density at radius 1 is 1.13 bits per heavy atom. The van der Waals surface area contributed by atoms with Crippen molar-refractivity contribution in [1.29, 1.82) is 0 Å². The van der Waals surface area contributed by atoms with Crippen molar-refractivity contribution in [3.05, 3.63) is 28.8 Å². The number of aryl methyl sites for hydroxylation is 3. The van der Waals surface area contributed by atoms with Crippen molar-refractivity contribution < 1.29 is 9.47 Å². The van der Waals surface area contributed by atoms with Crippen LogP contribution in [0, 0.1) is 13.8 Å². The van der Waals surface area contributed by atoms with E-state index in [0.717, 1.165) is 12.2 Å². The summed E-state index contributed by atoms with van der Waals surface area (Å²) < 4.78 is 10.4. The number of benzene rings is 1. The third-order valence-electron chi connectivity index (χ3n) is 2.49. The van der Waals surface area contributed by atoms with Crippen LogP contribution in [-0.4, -0.2) is 13.9 Å². The van der Waals surface area contributed by atoms with Gasteiger partial charge in [0.2, 0.25) is 0 Å². The van der Waals surface area contributed by atoms with Crippen molar-refractivity contribution in [2.45, 2.75) is 33.6 Å². The summed E-state index contributed by atoms with van der Waals surface area (Å²) in [6.45, 7) is 6.71. The van der Waals surface area contributed by atoms with E-state index in [2.05, 4.69) is 32.9 Å². The van der Waals surface area contributed by atoms with Crippen LogP contribution in [0.5, 0.6) is 5.75 Å². The predicted octanol–water partition coefficient (Wildman–Crippen LogP) is 3.24. The fourth-order valence-corrected chi connectivity index (χ4v) is 1.67. The molecule has 15 heavy (non-hydrogen) atoms. The Kier molecular flexibility index (Phi) is 4.63. The van der Waals surface area contributed by atoms with Crippen LogP contribution < -0.4 is 4.74 Å². The zero-order valence-corrected chi connectivity index (χ0v) is 10.1. The molecule has 0 aromatic heterocycles. The van der Waals surface area contributed by atoms with Gasteiger partial charge < -0.3 is 9.47 Å². The summed E-state index contributed by atoms with van der Waals surface area (Å²) >= 11 is 0. The van der Waals surface area contributed by atoms with Crippen LogP contribution in [0.1, 0.15) is 30.0 Å². The number of methoxy groups -OCH3 is 1. The molecule has 0 spiro atoms. The van der Waals surface area contributed by atoms with Crippen LogP contribution in [0.4, 0.5) is 0 Å². The summed E-state index contributed by atoms with van der Waals surface area (Å²) in [6.07, 6.45) is 2.32. The smallest absolute Gasteiger partial charge is 0.188 e. The van der Waals surface area contributed by atoms with Gasteiger partial charge in [-0.1, -0.05) is 19.4 Å². The molecule has 84 valence electrons. The maximum absolute atomic E-state index is 5.48. The Balaban J connectivity index is 2.87. The molecule has 1 rings (SSSR count). The first-order valence-corrected chi connectivity index (χ1v) is 5.41. The molecule has 0 radical (unpaired) electrons. The first kappa shape index (κ1) is 12.1. The summed E-state index contributed by atoms with van der Waals surface area (Å²) in [6, 6.07) is 4.31. The van der Waals surface area contributed by atoms with Gasteiger partial charge in [-0.2, -0.15) is 0 Å². The van der Waals surface area contributed by atoms with Crippen LogP contribution in [0.2, 0.25) is 0 Å². The Hall–Kier alpha value is -1.02. The van der Waals surface area contributed by atoms with Gasteiger partial charge in [0.15, 0.2) is 6.79 Å². The summed E-state index contributed by atoms with van der Waals surface area (Å²) in [7, 11) is 1.63. The molecule has 0 fully saturated rings. The highest BCUT2D eigenvalue weighted by Crippen LogP contribution is 2.23. The standard InChI is InChI=1S/C13H20O2/c1-5-6-12-7-11(3)13(8-10(12)2)15-9-14-4/h7-8H,5-6,9H2,1-4H3. The molecule has 1 aromatic carbocycles. The van der Waals surface area contributed by atoms with E-state index >= 15 is 0 Å². The molecule has 0 saturated heterocycles. The van der Waals surface area contributed by atoms with E-state index in [9.17, 15) is 0 Å². The minimum Gasteiger partial charge on any atom is -0.467 e. The van der Waals surface area contributed by atoms with Crippen molar-refractivity contribution in [2.24, 2.45) is 0 Å². The lowest BCUT2D eigenvalue weighted by molar-refractivity contribution is 0.0506. The Labute approximate surface area is 92.2 Å². The van der Waals surface area contributed by atoms with Crippen molar-refractivity contribution in [2.75, 3.05) is 13.9 Å². The van der Waals surface area contributed by atoms with E-state index in [0.29, 0.717) is 6.79 Å². The van der Waals surface area contributed by atoms with E-state index in [1.807, 2.05) is 0 Å². The van der Waals surface area contributed by atoms with Gasteiger partial charge in [0.1, 0.15) is 5.75 Å². The van der Waals surface area contributed by atoms with E-state index in [4.69, 9.17) is 9.47 Å². The Morgan fingerprint density at radius 3 is 2.47 bits per heavy atom. The third-order valence-corrected chi connectivity index (χ3v) is 2.49. The second-order valence-electron chi connectivity index (χ2n) is 3.85. The van der Waals surface area contributed by atoms with Crippen molar-refractivity contribution in [3.63, 3.8) is 0 Å². The summed E-state index contributed by atoms with van der Waals surface area (Å²) in [5, 5.41) is 0. The molecule has 0 aliphatic carbocycles. The lowest BCUT2D eigenvalue weighted by Gasteiger charge is -2.12. The molecule has 0 aliphatic rings. The maximum atomic E-state index is 5.48. The van der Waals surface area contributed by atoms with Gasteiger partial charge >= 0.3 is 0 Å². The Bertz CT molecular complexity index is 319. The van der Waals surface area contributed by atoms with Crippen LogP contribution in [-0.2, 0) is 11.2 Å². The first-order valence-electron chi connectivity index (χ1n) is 5.41. The fourth-order valence-electron chi connectivity index (χ4n) is 1.67. The monoisotopic (exact) mass is 208 g/mol. The third kappa shape index (κ3) is 3.24. The first-order chi connectivity index (χ1) is 7.19. The lowest BCUT2D eigenvalue weighted by atomic mass is 10.0. The number of ether oxygens (including phenoxy) is 2. The zero-order valence-electron chi connectivity index (χ0n) is 10.1. The van der Waals surface area contributed by atoms with Crippen LogP contribution >= 0.6 is 0 Å². The average Bonchev–Trinajstić information content (AvgIpc) is 2.21. The van der Waals surface area contributed by atoms with Gasteiger partial charge in [-0.15, -0.1) is 0 Å². The maximum Gasteiger partial charge on any atom is 0.188 e. The molecule has 0 amide bonds. The molecule has 0 N–H and O–H groups in total. The van der Waals surface area contributed by atoms with Crippen LogP contribution in [0.25, 0.3) is 0 Å². The van der Waals surface area contributed by atoms with Crippen LogP contribution in [0.3, 0.4) is 0 Å². The molecule has 0 bridgehead atoms. The fraction of sp³-hybridized carbons (Fsp3) is 0.538. The molecule has 0 aliphatic heterocycles. The lowest BCUT2D eigenvalue weighted by Crippen LogP contribution is -2.02. The Morgan fingerprint density at radius 2 is 1.87 bits per heavy atom. The van der Waals surface area contributed by atoms with E-state index in [1.165, 1.54) is 23.1 Å². The molecule has 1 aromatic rings. The minimum absolute atomic E-state index is 0.313. The second-order valence-corrected chi connectivity index (χ2v) is 3.85. The summed E-state index contributed by atoms with van der Waals surface area (Å²) in [5.41, 5.74) is 3.90. The van der Waals surface area contributed by atoms with Gasteiger partial charge in [-0.25, -0.2) is 0 Å². The highest BCUT2D eigenvalue weighted by Gasteiger charge is 2.04. The molecular formula is C13H20O2. The molecule has 0 unspecified atom stereocenters. The van der Waals surface area contributed by atoms with Gasteiger partial charge in [0, 0.05) is 7.11 Å². The van der Waals surface area contributed by atoms with Crippen molar-refractivity contribution in [1.82, 2.24) is 0 Å². The highest BCUT2D eigenvalue weighted by molar-refractivity contribution is 5.41. The van der Waals surface area contributed by atoms with Gasteiger partial charge in [-0.05, 0) is 43.0 Å². The van der Waals surface area contributed by atoms with Gasteiger partial charge in [0.05, 0.1) is 0 Å². The quantitative estimate of drug-likeness (QED) is 0.692. The van der Waals surface area contributed by atoms with Crippen molar-refractivity contribution in [3.8, 4) is 5.75 Å². The minimum atomic E-state index is 0.313. The molecule has 2 nitrogen and oxygen atoms in total. The summed E-state index contributed by atoms with van der Waals surface area (Å²) in [5.74, 6) is 0.925. The predicted molar refractivity (Wildman–Crippen MR) is 62.4 cm³/mol. The molecule has 0 saturated carbocycles. The van der Waals surface area contributed by atoms with E-state index in [1.54, 1.807) is 7.11 Å². The van der Waals surface area contributed by atoms with E-state index in [-0.39, 0.29) is 0 Å². The highest BCUT2D eigenvalue weighted by atomic mass is 16.7. The van der Waals surface area contributed by atoms with Crippen molar-refractivity contribution >= 4 is 0 Å². The van der Waals surface area contributed by atoms with E-state index < -0.39 is 0 Å². The second kappa shape index (κ2) is 5.76. The molecule has 0 heterocycles. The number of hydrogen-bond donors (Lipinski definition) is 0. The van der Waals surface area contributed by atoms with Gasteiger partial charge in [0.25, 0.3) is 0 Å². The van der Waals surface area contributed by atoms with Gasteiger partial charge in [-0.3, -0.25) is 0 Å². The molecule has 0 atom stereocenters. The summed E-state index contributed by atoms with van der Waals surface area (Å²) in [4.78, 5) is 0. The molecular weight excluding hydrogens is 188 g/mol. The number of hydrogen-bond acceptors (Lipinski definition) is 2. The SMILES string of the molecule is CCCc1cc(C)c(OCOC)cc1C. The zero-order chi connectivity index (χ0) is 11.3.